The van der Waals surface area contributed by atoms with Crippen LogP contribution in [0.3, 0.4) is 0 Å². The molecule has 2 aromatic rings. The molecule has 1 aliphatic heterocycles. The van der Waals surface area contributed by atoms with Crippen LogP contribution in [0.15, 0.2) is 23.1 Å². The molecule has 0 spiro atoms. The highest BCUT2D eigenvalue weighted by Gasteiger charge is 2.27. The molecule has 1 fully saturated rings. The quantitative estimate of drug-likeness (QED) is 0.862. The lowest BCUT2D eigenvalue weighted by atomic mass is 9.97. The molecule has 0 radical (unpaired) electrons. The molecule has 1 aliphatic rings. The fourth-order valence-corrected chi connectivity index (χ4v) is 2.94. The van der Waals surface area contributed by atoms with Crippen LogP contribution in [0.1, 0.15) is 12.8 Å². The van der Waals surface area contributed by atoms with Gasteiger partial charge in [0.05, 0.1) is 5.92 Å². The summed E-state index contributed by atoms with van der Waals surface area (Å²) < 4.78 is 1.52. The van der Waals surface area contributed by atoms with Crippen molar-refractivity contribution in [2.75, 3.05) is 25.0 Å². The summed E-state index contributed by atoms with van der Waals surface area (Å²) in [5.74, 6) is 0.315. The SMILES string of the molecule is CNC(=O)C1CCCN(c2nc3cccnc3n(C)c2=O)C1. The number of carbonyl (C=O) groups is 1. The van der Waals surface area contributed by atoms with E-state index in [2.05, 4.69) is 15.3 Å². The molecule has 7 nitrogen and oxygen atoms in total. The number of nitrogens with zero attached hydrogens (tertiary/aromatic N) is 4. The first kappa shape index (κ1) is 14.5. The fraction of sp³-hybridized carbons (Fsp3) is 0.467. The third-order valence-corrected chi connectivity index (χ3v) is 4.14. The zero-order valence-electron chi connectivity index (χ0n) is 12.7. The van der Waals surface area contributed by atoms with Crippen molar-refractivity contribution in [1.29, 1.82) is 0 Å². The molecular weight excluding hydrogens is 282 g/mol. The Balaban J connectivity index is 2.01. The molecule has 3 heterocycles. The maximum Gasteiger partial charge on any atom is 0.294 e. The summed E-state index contributed by atoms with van der Waals surface area (Å²) in [5, 5.41) is 2.68. The lowest BCUT2D eigenvalue weighted by molar-refractivity contribution is -0.124. The number of hydrogen-bond acceptors (Lipinski definition) is 5. The van der Waals surface area contributed by atoms with Crippen LogP contribution < -0.4 is 15.8 Å². The molecule has 1 atom stereocenters. The number of carbonyl (C=O) groups excluding carboxylic acids is 1. The molecule has 7 heteroatoms. The molecule has 3 rings (SSSR count). The van der Waals surface area contributed by atoms with Crippen LogP contribution in [0.4, 0.5) is 5.82 Å². The van der Waals surface area contributed by atoms with Gasteiger partial charge in [0.25, 0.3) is 5.56 Å². The molecule has 1 unspecified atom stereocenters. The predicted molar refractivity (Wildman–Crippen MR) is 83.8 cm³/mol. The lowest BCUT2D eigenvalue weighted by Gasteiger charge is -2.32. The monoisotopic (exact) mass is 301 g/mol. The summed E-state index contributed by atoms with van der Waals surface area (Å²) in [5.41, 5.74) is 1.07. The van der Waals surface area contributed by atoms with Crippen LogP contribution in [-0.2, 0) is 11.8 Å². The van der Waals surface area contributed by atoms with Crippen molar-refractivity contribution in [3.63, 3.8) is 0 Å². The number of amides is 1. The second kappa shape index (κ2) is 5.75. The Bertz CT molecular complexity index is 770. The average molecular weight is 301 g/mol. The van der Waals surface area contributed by atoms with Gasteiger partial charge in [-0.2, -0.15) is 0 Å². The van der Waals surface area contributed by atoms with Crippen molar-refractivity contribution in [2.24, 2.45) is 13.0 Å². The Labute approximate surface area is 128 Å². The van der Waals surface area contributed by atoms with Gasteiger partial charge in [0.15, 0.2) is 11.5 Å². The Morgan fingerprint density at radius 3 is 3.05 bits per heavy atom. The second-order valence-electron chi connectivity index (χ2n) is 5.55. The first-order valence-electron chi connectivity index (χ1n) is 7.40. The molecular formula is C15H19N5O2. The maximum atomic E-state index is 12.5. The van der Waals surface area contributed by atoms with Crippen LogP contribution in [0.25, 0.3) is 11.2 Å². The molecule has 1 saturated heterocycles. The lowest BCUT2D eigenvalue weighted by Crippen LogP contribution is -2.44. The Hall–Kier alpha value is -2.44. The second-order valence-corrected chi connectivity index (χ2v) is 5.55. The highest BCUT2D eigenvalue weighted by molar-refractivity contribution is 5.79. The first-order valence-corrected chi connectivity index (χ1v) is 7.40. The first-order chi connectivity index (χ1) is 10.6. The zero-order chi connectivity index (χ0) is 15.7. The van der Waals surface area contributed by atoms with E-state index in [1.165, 1.54) is 4.57 Å². The molecule has 1 amide bonds. The van der Waals surface area contributed by atoms with Crippen LogP contribution >= 0.6 is 0 Å². The van der Waals surface area contributed by atoms with Gasteiger partial charge in [-0.1, -0.05) is 0 Å². The van der Waals surface area contributed by atoms with Gasteiger partial charge >= 0.3 is 0 Å². The molecule has 0 aromatic carbocycles. The van der Waals surface area contributed by atoms with E-state index in [1.807, 2.05) is 11.0 Å². The van der Waals surface area contributed by atoms with Gasteiger partial charge in [0.2, 0.25) is 5.91 Å². The van der Waals surface area contributed by atoms with Gasteiger partial charge in [-0.05, 0) is 25.0 Å². The van der Waals surface area contributed by atoms with Gasteiger partial charge < -0.3 is 10.2 Å². The van der Waals surface area contributed by atoms with E-state index >= 15 is 0 Å². The normalized spacial score (nSPS) is 18.5. The minimum absolute atomic E-state index is 0.0176. The number of pyridine rings is 1. The van der Waals surface area contributed by atoms with E-state index in [0.29, 0.717) is 23.5 Å². The number of aromatic nitrogens is 3. The van der Waals surface area contributed by atoms with Gasteiger partial charge in [0.1, 0.15) is 5.52 Å². The molecule has 1 N–H and O–H groups in total. The summed E-state index contributed by atoms with van der Waals surface area (Å²) in [6, 6.07) is 3.64. The topological polar surface area (TPSA) is 80.1 Å². The van der Waals surface area contributed by atoms with E-state index in [0.717, 1.165) is 19.4 Å². The number of hydrogen-bond donors (Lipinski definition) is 1. The predicted octanol–water partition coefficient (Wildman–Crippen LogP) is 0.291. The maximum absolute atomic E-state index is 12.5. The van der Waals surface area contributed by atoms with Crippen molar-refractivity contribution < 1.29 is 4.79 Å². The number of anilines is 1. The standard InChI is InChI=1S/C15H19N5O2/c1-16-14(21)10-5-4-8-20(9-10)13-15(22)19(2)12-11(18-13)6-3-7-17-12/h3,6-7,10H,4-5,8-9H2,1-2H3,(H,16,21). The minimum Gasteiger partial charge on any atom is -0.359 e. The molecule has 22 heavy (non-hydrogen) atoms. The van der Waals surface area contributed by atoms with Gasteiger partial charge in [-0.15, -0.1) is 0 Å². The molecule has 0 aliphatic carbocycles. The van der Waals surface area contributed by atoms with E-state index in [4.69, 9.17) is 0 Å². The van der Waals surface area contributed by atoms with Crippen molar-refractivity contribution in [1.82, 2.24) is 19.9 Å². The highest BCUT2D eigenvalue weighted by atomic mass is 16.2. The number of aryl methyl sites for hydroxylation is 1. The van der Waals surface area contributed by atoms with Crippen molar-refractivity contribution in [3.8, 4) is 0 Å². The smallest absolute Gasteiger partial charge is 0.294 e. The van der Waals surface area contributed by atoms with Crippen LogP contribution in [0.5, 0.6) is 0 Å². The summed E-state index contributed by atoms with van der Waals surface area (Å²) in [6.45, 7) is 1.26. The van der Waals surface area contributed by atoms with E-state index in [1.54, 1.807) is 26.4 Å². The number of piperidine rings is 1. The number of nitrogens with one attached hydrogen (secondary N) is 1. The fourth-order valence-electron chi connectivity index (χ4n) is 2.94. The molecule has 116 valence electrons. The van der Waals surface area contributed by atoms with E-state index < -0.39 is 0 Å². The largest absolute Gasteiger partial charge is 0.359 e. The van der Waals surface area contributed by atoms with Gasteiger partial charge in [-0.25, -0.2) is 9.97 Å². The van der Waals surface area contributed by atoms with Gasteiger partial charge in [0, 0.05) is 33.4 Å². The molecule has 2 aromatic heterocycles. The van der Waals surface area contributed by atoms with Crippen LogP contribution in [0, 0.1) is 5.92 Å². The Morgan fingerprint density at radius 1 is 1.45 bits per heavy atom. The van der Waals surface area contributed by atoms with Crippen molar-refractivity contribution >= 4 is 22.9 Å². The third-order valence-electron chi connectivity index (χ3n) is 4.14. The van der Waals surface area contributed by atoms with Crippen molar-refractivity contribution in [3.05, 3.63) is 28.7 Å². The van der Waals surface area contributed by atoms with E-state index in [9.17, 15) is 9.59 Å². The molecule has 0 saturated carbocycles. The summed E-state index contributed by atoms with van der Waals surface area (Å²) in [7, 11) is 3.34. The summed E-state index contributed by atoms with van der Waals surface area (Å²) >= 11 is 0. The van der Waals surface area contributed by atoms with E-state index in [-0.39, 0.29) is 17.4 Å². The molecule has 0 bridgehead atoms. The van der Waals surface area contributed by atoms with Gasteiger partial charge in [-0.3, -0.25) is 14.2 Å². The highest BCUT2D eigenvalue weighted by Crippen LogP contribution is 2.21. The minimum atomic E-state index is -0.177. The van der Waals surface area contributed by atoms with Crippen LogP contribution in [-0.4, -0.2) is 40.6 Å². The van der Waals surface area contributed by atoms with Crippen LogP contribution in [0.2, 0.25) is 0 Å². The Morgan fingerprint density at radius 2 is 2.27 bits per heavy atom. The summed E-state index contributed by atoms with van der Waals surface area (Å²) in [6.07, 6.45) is 3.35. The number of rotatable bonds is 2. The zero-order valence-corrected chi connectivity index (χ0v) is 12.7. The Kier molecular flexibility index (Phi) is 3.79. The average Bonchev–Trinajstić information content (AvgIpc) is 2.57. The third kappa shape index (κ3) is 2.43. The summed E-state index contributed by atoms with van der Waals surface area (Å²) in [4.78, 5) is 35.0. The van der Waals surface area contributed by atoms with Crippen molar-refractivity contribution in [2.45, 2.75) is 12.8 Å². The number of fused-ring (bicyclic) bond motifs is 1.